The Balaban J connectivity index is -0.000000147. The highest BCUT2D eigenvalue weighted by Crippen LogP contribution is 1.70. The molecule has 0 aliphatic rings. The average molecular weight is 209 g/mol. The van der Waals surface area contributed by atoms with Crippen molar-refractivity contribution in [3.8, 4) is 6.07 Å². The summed E-state index contributed by atoms with van der Waals surface area (Å²) < 4.78 is 4.17. The van der Waals surface area contributed by atoms with Crippen LogP contribution in [0.15, 0.2) is 38.2 Å². The Morgan fingerprint density at radius 3 is 1.60 bits per heavy atom. The predicted molar refractivity (Wildman–Crippen MR) is 58.7 cm³/mol. The highest BCUT2D eigenvalue weighted by atomic mass is 16.5. The van der Waals surface area contributed by atoms with Gasteiger partial charge in [-0.1, -0.05) is 19.7 Å². The maximum atomic E-state index is 9.75. The summed E-state index contributed by atoms with van der Waals surface area (Å²) in [6.07, 6.45) is 3.56. The first-order valence-corrected chi connectivity index (χ1v) is 3.87. The minimum atomic E-state index is -0.329. The number of hydrogen-bond donors (Lipinski definition) is 0. The predicted octanol–water partition coefficient (Wildman–Crippen LogP) is 2.15. The number of carbonyl (C=O) groups excluding carboxylic acids is 2. The second kappa shape index (κ2) is 17.8. The Morgan fingerprint density at radius 2 is 1.60 bits per heavy atom. The highest BCUT2D eigenvalue weighted by Gasteiger charge is 1.79. The van der Waals surface area contributed by atoms with E-state index in [9.17, 15) is 9.59 Å². The van der Waals surface area contributed by atoms with Gasteiger partial charge >= 0.3 is 5.97 Å². The molecule has 0 atom stereocenters. The van der Waals surface area contributed by atoms with E-state index >= 15 is 0 Å². The Morgan fingerprint density at radius 1 is 1.27 bits per heavy atom. The van der Waals surface area contributed by atoms with Gasteiger partial charge in [-0.15, -0.1) is 0 Å². The Kier molecular flexibility index (Phi) is 22.1. The normalized spacial score (nSPS) is 5.93. The van der Waals surface area contributed by atoms with Crippen molar-refractivity contribution in [1.82, 2.24) is 0 Å². The van der Waals surface area contributed by atoms with Gasteiger partial charge in [0.1, 0.15) is 0 Å². The summed E-state index contributed by atoms with van der Waals surface area (Å²) in [4.78, 5) is 19.4. The van der Waals surface area contributed by atoms with E-state index in [1.165, 1.54) is 26.0 Å². The van der Waals surface area contributed by atoms with Gasteiger partial charge in [0, 0.05) is 13.0 Å². The monoisotopic (exact) mass is 209 g/mol. The zero-order valence-electron chi connectivity index (χ0n) is 9.03. The van der Waals surface area contributed by atoms with Crippen LogP contribution in [0.3, 0.4) is 0 Å². The molecule has 0 saturated carbocycles. The smallest absolute Gasteiger partial charge is 0.307 e. The van der Waals surface area contributed by atoms with Gasteiger partial charge in [-0.05, 0) is 13.0 Å². The molecule has 0 saturated heterocycles. The zero-order chi connectivity index (χ0) is 12.7. The number of rotatable bonds is 2. The maximum Gasteiger partial charge on any atom is 0.307 e. The van der Waals surface area contributed by atoms with Crippen LogP contribution in [0.25, 0.3) is 0 Å². The van der Waals surface area contributed by atoms with Crippen LogP contribution < -0.4 is 0 Å². The molecule has 0 aliphatic carbocycles. The molecule has 15 heavy (non-hydrogen) atoms. The van der Waals surface area contributed by atoms with Crippen LogP contribution in [0, 0.1) is 11.3 Å². The van der Waals surface area contributed by atoms with Gasteiger partial charge in [0.2, 0.25) is 0 Å². The quantitative estimate of drug-likeness (QED) is 0.302. The number of nitrogens with zero attached hydrogens (tertiary/aromatic N) is 1. The number of ketones is 1. The third-order valence-electron chi connectivity index (χ3n) is 0.628. The molecule has 4 heteroatoms. The molecular formula is C11H15NO3. The number of hydrogen-bond acceptors (Lipinski definition) is 4. The highest BCUT2D eigenvalue weighted by molar-refractivity contribution is 5.86. The topological polar surface area (TPSA) is 67.2 Å². The molecule has 0 unspecified atom stereocenters. The van der Waals surface area contributed by atoms with E-state index < -0.39 is 0 Å². The number of ether oxygens (including phenoxy) is 1. The second-order valence-corrected chi connectivity index (χ2v) is 1.92. The molecule has 0 rings (SSSR count). The van der Waals surface area contributed by atoms with Crippen molar-refractivity contribution in [2.24, 2.45) is 0 Å². The van der Waals surface area contributed by atoms with Crippen LogP contribution in [0.2, 0.25) is 0 Å². The average Bonchev–Trinajstić information content (AvgIpc) is 2.19. The van der Waals surface area contributed by atoms with Crippen molar-refractivity contribution < 1.29 is 14.3 Å². The van der Waals surface area contributed by atoms with Gasteiger partial charge in [-0.25, -0.2) is 0 Å². The number of allylic oxidation sites excluding steroid dienone is 2. The summed E-state index contributed by atoms with van der Waals surface area (Å²) in [5.41, 5.74) is 0. The number of nitriles is 1. The minimum absolute atomic E-state index is 0.0185. The van der Waals surface area contributed by atoms with Gasteiger partial charge in [0.25, 0.3) is 0 Å². The van der Waals surface area contributed by atoms with Crippen LogP contribution in [-0.4, -0.2) is 11.8 Å². The lowest BCUT2D eigenvalue weighted by atomic mass is 10.5. The molecule has 4 nitrogen and oxygen atoms in total. The van der Waals surface area contributed by atoms with E-state index in [-0.39, 0.29) is 11.8 Å². The van der Waals surface area contributed by atoms with E-state index in [0.29, 0.717) is 0 Å². The van der Waals surface area contributed by atoms with E-state index in [2.05, 4.69) is 24.5 Å². The SMILES string of the molecule is C=CC#N.C=CC(C)=O.C=COC(C)=O. The first-order chi connectivity index (χ1) is 6.95. The third-order valence-corrected chi connectivity index (χ3v) is 0.628. The maximum absolute atomic E-state index is 9.75. The Labute approximate surface area is 90.2 Å². The molecule has 0 amide bonds. The van der Waals surface area contributed by atoms with Gasteiger partial charge in [0.15, 0.2) is 5.78 Å². The summed E-state index contributed by atoms with van der Waals surface area (Å²) in [5.74, 6) is -0.310. The van der Waals surface area contributed by atoms with E-state index in [4.69, 9.17) is 5.26 Å². The molecule has 0 bridgehead atoms. The zero-order valence-corrected chi connectivity index (χ0v) is 9.03. The first-order valence-electron chi connectivity index (χ1n) is 3.87. The first kappa shape index (κ1) is 18.6. The number of carbonyl (C=O) groups is 2. The molecule has 0 radical (unpaired) electrons. The van der Waals surface area contributed by atoms with Crippen LogP contribution in [0.4, 0.5) is 0 Å². The molecule has 0 aliphatic heterocycles. The lowest BCUT2D eigenvalue weighted by Gasteiger charge is -1.83. The lowest BCUT2D eigenvalue weighted by molar-refractivity contribution is -0.135. The van der Waals surface area contributed by atoms with Crippen molar-refractivity contribution in [3.63, 3.8) is 0 Å². The van der Waals surface area contributed by atoms with Crippen LogP contribution >= 0.6 is 0 Å². The van der Waals surface area contributed by atoms with Gasteiger partial charge in [-0.3, -0.25) is 9.59 Å². The molecular weight excluding hydrogens is 194 g/mol. The molecule has 0 spiro atoms. The molecule has 0 aromatic rings. The standard InChI is InChI=1S/C4H6O2.C4H6O.C3H3N/c1-3-6-4(2)5;1-3-4(2)5;1-2-3-4/h3H,1H2,2H3;3H,1H2,2H3;2H,1H2. The van der Waals surface area contributed by atoms with Crippen molar-refractivity contribution in [3.05, 3.63) is 38.2 Å². The molecule has 82 valence electrons. The molecule has 0 N–H and O–H groups in total. The Bertz CT molecular complexity index is 261. The van der Waals surface area contributed by atoms with E-state index in [1.54, 1.807) is 6.07 Å². The summed E-state index contributed by atoms with van der Waals surface area (Å²) in [5, 5.41) is 7.51. The van der Waals surface area contributed by atoms with Gasteiger partial charge in [-0.2, -0.15) is 5.26 Å². The lowest BCUT2D eigenvalue weighted by Crippen LogP contribution is -1.87. The van der Waals surface area contributed by atoms with Crippen molar-refractivity contribution in [1.29, 1.82) is 5.26 Å². The van der Waals surface area contributed by atoms with Crippen molar-refractivity contribution in [2.75, 3.05) is 0 Å². The second-order valence-electron chi connectivity index (χ2n) is 1.92. The summed E-state index contributed by atoms with van der Waals surface area (Å²) in [6.45, 7) is 12.3. The van der Waals surface area contributed by atoms with Crippen LogP contribution in [0.1, 0.15) is 13.8 Å². The fourth-order valence-corrected chi connectivity index (χ4v) is 0.117. The summed E-state index contributed by atoms with van der Waals surface area (Å²) in [6, 6.07) is 1.69. The largest absolute Gasteiger partial charge is 0.435 e. The van der Waals surface area contributed by atoms with Crippen molar-refractivity contribution in [2.45, 2.75) is 13.8 Å². The van der Waals surface area contributed by atoms with Crippen molar-refractivity contribution >= 4 is 11.8 Å². The van der Waals surface area contributed by atoms with Crippen LogP contribution in [-0.2, 0) is 14.3 Å². The van der Waals surface area contributed by atoms with Crippen LogP contribution in [0.5, 0.6) is 0 Å². The summed E-state index contributed by atoms with van der Waals surface area (Å²) in [7, 11) is 0. The Hall–Kier alpha value is -2.15. The number of esters is 1. The molecule has 0 heterocycles. The van der Waals surface area contributed by atoms with Gasteiger partial charge in [0.05, 0.1) is 12.3 Å². The minimum Gasteiger partial charge on any atom is -0.435 e. The third kappa shape index (κ3) is 77.6. The molecule has 0 fully saturated rings. The molecule has 0 aromatic carbocycles. The van der Waals surface area contributed by atoms with E-state index in [0.717, 1.165) is 6.26 Å². The van der Waals surface area contributed by atoms with E-state index in [1.807, 2.05) is 0 Å². The fourth-order valence-electron chi connectivity index (χ4n) is 0.117. The fraction of sp³-hybridized carbons (Fsp3) is 0.182. The molecule has 0 aromatic heterocycles. The van der Waals surface area contributed by atoms with Gasteiger partial charge < -0.3 is 4.74 Å². The summed E-state index contributed by atoms with van der Waals surface area (Å²) >= 11 is 0.